The van der Waals surface area contributed by atoms with Crippen molar-refractivity contribution in [3.8, 4) is 16.9 Å². The summed E-state index contributed by atoms with van der Waals surface area (Å²) in [4.78, 5) is 20.2. The largest absolute Gasteiger partial charge is 0.490 e. The Kier molecular flexibility index (Phi) is 11.3. The lowest BCUT2D eigenvalue weighted by Crippen LogP contribution is -2.21. The Bertz CT molecular complexity index is 867. The van der Waals surface area contributed by atoms with Gasteiger partial charge in [0.15, 0.2) is 0 Å². The van der Waals surface area contributed by atoms with Gasteiger partial charge in [0, 0.05) is 5.56 Å². The van der Waals surface area contributed by atoms with Crippen molar-refractivity contribution in [3.05, 3.63) is 40.1 Å². The molecule has 9 heteroatoms. The van der Waals surface area contributed by atoms with Gasteiger partial charge in [-0.25, -0.2) is 9.59 Å². The zero-order chi connectivity index (χ0) is 24.3. The number of hydrogen-bond acceptors (Lipinski definition) is 4. The summed E-state index contributed by atoms with van der Waals surface area (Å²) in [5.41, 5.74) is 9.93. The van der Waals surface area contributed by atoms with Crippen LogP contribution in [0.3, 0.4) is 0 Å². The normalized spacial score (nSPS) is 11.9. The van der Waals surface area contributed by atoms with Crippen LogP contribution in [0, 0.1) is 12.8 Å². The minimum Gasteiger partial charge on any atom is -0.475 e. The number of carbonyl (C=O) groups excluding carboxylic acids is 1. The number of aryl methyl sites for hydroxylation is 1. The van der Waals surface area contributed by atoms with Crippen molar-refractivity contribution in [3.63, 3.8) is 0 Å². The van der Waals surface area contributed by atoms with E-state index in [1.54, 1.807) is 11.3 Å². The third-order valence-corrected chi connectivity index (χ3v) is 5.74. The first-order valence-corrected chi connectivity index (χ1v) is 11.4. The Labute approximate surface area is 190 Å². The fourth-order valence-electron chi connectivity index (χ4n) is 3.33. The number of alkyl halides is 3. The Morgan fingerprint density at radius 3 is 2.31 bits per heavy atom. The molecule has 1 amide bonds. The third kappa shape index (κ3) is 8.90. The first-order chi connectivity index (χ1) is 15.0. The monoisotopic (exact) mass is 473 g/mol. The zero-order valence-electron chi connectivity index (χ0n) is 18.5. The van der Waals surface area contributed by atoms with Crippen LogP contribution in [-0.2, 0) is 11.2 Å². The lowest BCUT2D eigenvalue weighted by atomic mass is 9.86. The van der Waals surface area contributed by atoms with Crippen LogP contribution in [-0.4, -0.2) is 23.3 Å². The number of thiophene rings is 1. The third-order valence-electron chi connectivity index (χ3n) is 5.06. The highest BCUT2D eigenvalue weighted by atomic mass is 32.1. The highest BCUT2D eigenvalue weighted by Gasteiger charge is 2.38. The van der Waals surface area contributed by atoms with Crippen molar-refractivity contribution >= 4 is 23.4 Å². The van der Waals surface area contributed by atoms with E-state index in [1.165, 1.54) is 36.8 Å². The van der Waals surface area contributed by atoms with E-state index in [2.05, 4.69) is 32.2 Å². The van der Waals surface area contributed by atoms with Gasteiger partial charge in [0.1, 0.15) is 5.75 Å². The second-order valence-electron chi connectivity index (χ2n) is 7.44. The molecule has 0 radical (unpaired) electrons. The molecule has 0 bridgehead atoms. The van der Waals surface area contributed by atoms with E-state index in [9.17, 15) is 18.0 Å². The predicted molar refractivity (Wildman–Crippen MR) is 120 cm³/mol. The van der Waals surface area contributed by atoms with Crippen LogP contribution in [0.15, 0.2) is 29.0 Å². The van der Waals surface area contributed by atoms with E-state index in [4.69, 9.17) is 20.4 Å². The van der Waals surface area contributed by atoms with Gasteiger partial charge in [0.25, 0.3) is 0 Å². The number of amides is 1. The molecule has 1 atom stereocenters. The van der Waals surface area contributed by atoms with Crippen LogP contribution in [0.5, 0.6) is 5.75 Å². The molecule has 0 aliphatic carbocycles. The number of nitrogens with two attached hydrogens (primary N) is 1. The van der Waals surface area contributed by atoms with Crippen molar-refractivity contribution in [2.75, 3.05) is 0 Å². The van der Waals surface area contributed by atoms with E-state index >= 15 is 0 Å². The quantitative estimate of drug-likeness (QED) is 0.385. The number of rotatable bonds is 9. The maximum absolute atomic E-state index is 11.3. The summed E-state index contributed by atoms with van der Waals surface area (Å²) < 4.78 is 37.1. The molecule has 32 heavy (non-hydrogen) atoms. The lowest BCUT2D eigenvalue weighted by Gasteiger charge is -2.21. The maximum atomic E-state index is 11.3. The fraction of sp³-hybridized carbons (Fsp3) is 0.478. The number of aliphatic carboxylic acids is 1. The number of unbranched alkanes of at least 4 members (excludes halogenated alkanes) is 2. The molecule has 0 fully saturated rings. The minimum atomic E-state index is -5.08. The number of carbonyl (C=O) groups is 2. The van der Waals surface area contributed by atoms with Crippen LogP contribution in [0.25, 0.3) is 11.1 Å². The van der Waals surface area contributed by atoms with Crippen molar-refractivity contribution in [1.29, 1.82) is 0 Å². The van der Waals surface area contributed by atoms with Gasteiger partial charge in [-0.2, -0.15) is 24.5 Å². The molecule has 5 nitrogen and oxygen atoms in total. The average molecular weight is 474 g/mol. The van der Waals surface area contributed by atoms with E-state index in [-0.39, 0.29) is 0 Å². The van der Waals surface area contributed by atoms with Gasteiger partial charge < -0.3 is 15.6 Å². The molecular formula is C23H30F3NO4S. The summed E-state index contributed by atoms with van der Waals surface area (Å²) in [7, 11) is 0. The molecule has 2 aromatic rings. The number of carboxylic acids is 1. The Morgan fingerprint density at radius 1 is 1.19 bits per heavy atom. The summed E-state index contributed by atoms with van der Waals surface area (Å²) in [5, 5.41) is 11.3. The molecule has 0 saturated heterocycles. The molecule has 1 unspecified atom stereocenters. The molecule has 178 valence electrons. The minimum absolute atomic E-state index is 0.565. The van der Waals surface area contributed by atoms with Crippen molar-refractivity contribution in [2.24, 2.45) is 11.7 Å². The topological polar surface area (TPSA) is 89.6 Å². The van der Waals surface area contributed by atoms with Gasteiger partial charge in [-0.1, -0.05) is 52.0 Å². The first kappa shape index (κ1) is 27.5. The van der Waals surface area contributed by atoms with E-state index in [0.29, 0.717) is 11.7 Å². The first-order valence-electron chi connectivity index (χ1n) is 10.4. The molecular weight excluding hydrogens is 443 g/mol. The number of primary amides is 1. The highest BCUT2D eigenvalue weighted by Crippen LogP contribution is 2.38. The van der Waals surface area contributed by atoms with Gasteiger partial charge >= 0.3 is 18.2 Å². The SMILES string of the molecule is CCCCCC(CC)Cc1c(C)ccc(OC(N)=O)c1-c1ccsc1.O=C(O)C(F)(F)F. The fourth-order valence-corrected chi connectivity index (χ4v) is 3.98. The zero-order valence-corrected chi connectivity index (χ0v) is 19.3. The molecule has 3 N–H and O–H groups in total. The average Bonchev–Trinajstić information content (AvgIpc) is 3.23. The van der Waals surface area contributed by atoms with E-state index in [1.807, 2.05) is 17.5 Å². The number of halogens is 3. The van der Waals surface area contributed by atoms with Crippen LogP contribution in [0.1, 0.15) is 57.1 Å². The number of hydrogen-bond donors (Lipinski definition) is 2. The van der Waals surface area contributed by atoms with Gasteiger partial charge in [-0.15, -0.1) is 0 Å². The van der Waals surface area contributed by atoms with Crippen molar-refractivity contribution in [1.82, 2.24) is 0 Å². The standard InChI is InChI=1S/C21H29NO2S.C2HF3O2/c1-4-6-7-8-16(5-2)13-18-15(3)9-10-19(24-21(22)23)20(18)17-11-12-25-14-17;3-2(4,5)1(6)7/h9-12,14,16H,4-8,13H2,1-3H3,(H2,22,23);(H,6,7). The predicted octanol–water partition coefficient (Wildman–Crippen LogP) is 6.96. The number of ether oxygens (including phenoxy) is 1. The van der Waals surface area contributed by atoms with Crippen LogP contribution < -0.4 is 10.5 Å². The maximum Gasteiger partial charge on any atom is 0.490 e. The lowest BCUT2D eigenvalue weighted by molar-refractivity contribution is -0.192. The summed E-state index contributed by atoms with van der Waals surface area (Å²) in [6.45, 7) is 6.64. The molecule has 0 aliphatic rings. The van der Waals surface area contributed by atoms with Crippen LogP contribution >= 0.6 is 11.3 Å². The van der Waals surface area contributed by atoms with Gasteiger partial charge in [0.2, 0.25) is 0 Å². The second kappa shape index (κ2) is 13.1. The summed E-state index contributed by atoms with van der Waals surface area (Å²) in [6, 6.07) is 5.96. The number of benzene rings is 1. The molecule has 0 spiro atoms. The summed E-state index contributed by atoms with van der Waals surface area (Å²) in [5.74, 6) is -1.55. The summed E-state index contributed by atoms with van der Waals surface area (Å²) >= 11 is 1.65. The van der Waals surface area contributed by atoms with Crippen molar-refractivity contribution < 1.29 is 32.6 Å². The Morgan fingerprint density at radius 2 is 1.84 bits per heavy atom. The van der Waals surface area contributed by atoms with E-state index in [0.717, 1.165) is 24.0 Å². The highest BCUT2D eigenvalue weighted by molar-refractivity contribution is 7.08. The molecule has 1 aromatic carbocycles. The van der Waals surface area contributed by atoms with E-state index < -0.39 is 18.2 Å². The van der Waals surface area contributed by atoms with Gasteiger partial charge in [0.05, 0.1) is 0 Å². The second-order valence-corrected chi connectivity index (χ2v) is 8.22. The molecule has 1 aromatic heterocycles. The van der Waals surface area contributed by atoms with Gasteiger partial charge in [-0.05, 0) is 58.8 Å². The van der Waals surface area contributed by atoms with Crippen LogP contribution in [0.2, 0.25) is 0 Å². The smallest absolute Gasteiger partial charge is 0.475 e. The molecule has 0 aliphatic heterocycles. The molecule has 2 rings (SSSR count). The van der Waals surface area contributed by atoms with Crippen molar-refractivity contribution in [2.45, 2.75) is 65.5 Å². The van der Waals surface area contributed by atoms with Crippen LogP contribution in [0.4, 0.5) is 18.0 Å². The number of carboxylic acid groups (broad SMARTS) is 1. The Balaban J connectivity index is 0.000000633. The Hall–Kier alpha value is -2.55. The summed E-state index contributed by atoms with van der Waals surface area (Å²) in [6.07, 6.45) is 1.38. The molecule has 1 heterocycles. The van der Waals surface area contributed by atoms with Gasteiger partial charge in [-0.3, -0.25) is 0 Å². The molecule has 0 saturated carbocycles.